The lowest BCUT2D eigenvalue weighted by Crippen LogP contribution is -2.44. The van der Waals surface area contributed by atoms with Crippen molar-refractivity contribution in [3.05, 3.63) is 65.7 Å². The fourth-order valence-corrected chi connectivity index (χ4v) is 3.06. The fourth-order valence-electron chi connectivity index (χ4n) is 3.06. The van der Waals surface area contributed by atoms with Gasteiger partial charge < -0.3 is 15.2 Å². The monoisotopic (exact) mass is 353 g/mol. The van der Waals surface area contributed by atoms with Crippen molar-refractivity contribution in [3.8, 4) is 5.75 Å². The van der Waals surface area contributed by atoms with Gasteiger partial charge in [0.25, 0.3) is 0 Å². The van der Waals surface area contributed by atoms with E-state index < -0.39 is 11.9 Å². The van der Waals surface area contributed by atoms with Crippen LogP contribution in [-0.4, -0.2) is 23.5 Å². The minimum atomic E-state index is -0.873. The van der Waals surface area contributed by atoms with Gasteiger partial charge in [-0.05, 0) is 42.5 Å². The van der Waals surface area contributed by atoms with Crippen LogP contribution in [0.2, 0.25) is 0 Å². The Bertz CT molecular complexity index is 742. The molecule has 1 aliphatic carbocycles. The van der Waals surface area contributed by atoms with Crippen LogP contribution >= 0.6 is 0 Å². The van der Waals surface area contributed by atoms with Gasteiger partial charge in [0.2, 0.25) is 5.91 Å². The molecule has 0 aliphatic heterocycles. The average molecular weight is 353 g/mol. The normalized spacial score (nSPS) is 18.6. The Balaban J connectivity index is 1.40. The number of rotatable bonds is 8. The Labute approximate surface area is 153 Å². The van der Waals surface area contributed by atoms with Crippen molar-refractivity contribution in [2.45, 2.75) is 25.9 Å². The summed E-state index contributed by atoms with van der Waals surface area (Å²) in [6.07, 6.45) is 1.96. The van der Waals surface area contributed by atoms with E-state index in [4.69, 9.17) is 9.84 Å². The lowest BCUT2D eigenvalue weighted by Gasteiger charge is -2.31. The number of amides is 1. The maximum Gasteiger partial charge on any atom is 0.307 e. The first-order chi connectivity index (χ1) is 12.6. The lowest BCUT2D eigenvalue weighted by atomic mass is 9.73. The number of nitrogens with one attached hydrogen (secondary N) is 1. The molecule has 136 valence electrons. The summed E-state index contributed by atoms with van der Waals surface area (Å²) in [7, 11) is 0. The summed E-state index contributed by atoms with van der Waals surface area (Å²) in [5.74, 6) is -1.10. The van der Waals surface area contributed by atoms with Gasteiger partial charge in [-0.25, -0.2) is 0 Å². The van der Waals surface area contributed by atoms with Crippen molar-refractivity contribution in [3.63, 3.8) is 0 Å². The first-order valence-electron chi connectivity index (χ1n) is 8.89. The quantitative estimate of drug-likeness (QED) is 0.765. The van der Waals surface area contributed by atoms with Gasteiger partial charge in [-0.1, -0.05) is 42.5 Å². The molecule has 0 aromatic heterocycles. The molecule has 1 saturated carbocycles. The maximum atomic E-state index is 12.0. The number of carboxylic acid groups (broad SMARTS) is 1. The van der Waals surface area contributed by atoms with Gasteiger partial charge in [-0.15, -0.1) is 0 Å². The van der Waals surface area contributed by atoms with E-state index in [0.29, 0.717) is 32.4 Å². The highest BCUT2D eigenvalue weighted by atomic mass is 16.5. The molecule has 0 spiro atoms. The Hall–Kier alpha value is -2.82. The number of hydrogen-bond acceptors (Lipinski definition) is 3. The van der Waals surface area contributed by atoms with Crippen LogP contribution in [0.3, 0.4) is 0 Å². The summed E-state index contributed by atoms with van der Waals surface area (Å²) >= 11 is 0. The van der Waals surface area contributed by atoms with E-state index in [1.54, 1.807) is 0 Å². The first kappa shape index (κ1) is 18.0. The molecule has 0 bridgehead atoms. The number of carbonyl (C=O) groups is 2. The highest BCUT2D eigenvalue weighted by molar-refractivity contribution is 5.86. The number of ether oxygens (including phenoxy) is 1. The molecule has 2 atom stereocenters. The van der Waals surface area contributed by atoms with E-state index in [1.807, 2.05) is 54.6 Å². The molecule has 2 N–H and O–H groups in total. The smallest absolute Gasteiger partial charge is 0.307 e. The largest absolute Gasteiger partial charge is 0.489 e. The third-order valence-corrected chi connectivity index (χ3v) is 4.81. The molecule has 0 radical (unpaired) electrons. The summed E-state index contributed by atoms with van der Waals surface area (Å²) < 4.78 is 5.75. The minimum Gasteiger partial charge on any atom is -0.489 e. The van der Waals surface area contributed by atoms with E-state index >= 15 is 0 Å². The second-order valence-electron chi connectivity index (χ2n) is 6.59. The third-order valence-electron chi connectivity index (χ3n) is 4.81. The second kappa shape index (κ2) is 8.52. The van der Waals surface area contributed by atoms with Crippen molar-refractivity contribution < 1.29 is 19.4 Å². The van der Waals surface area contributed by atoms with Crippen LogP contribution in [0.4, 0.5) is 0 Å². The van der Waals surface area contributed by atoms with Crippen LogP contribution in [-0.2, 0) is 22.6 Å². The van der Waals surface area contributed by atoms with Crippen LogP contribution in [0.5, 0.6) is 5.75 Å². The molecule has 2 unspecified atom stereocenters. The van der Waals surface area contributed by atoms with Crippen LogP contribution in [0, 0.1) is 11.8 Å². The van der Waals surface area contributed by atoms with Crippen LogP contribution < -0.4 is 10.1 Å². The maximum absolute atomic E-state index is 12.0. The van der Waals surface area contributed by atoms with Gasteiger partial charge in [0.1, 0.15) is 12.4 Å². The highest BCUT2D eigenvalue weighted by Gasteiger charge is 2.41. The second-order valence-corrected chi connectivity index (χ2v) is 6.59. The van der Waals surface area contributed by atoms with Gasteiger partial charge in [0.15, 0.2) is 0 Å². The summed E-state index contributed by atoms with van der Waals surface area (Å²) in [4.78, 5) is 23.0. The van der Waals surface area contributed by atoms with Gasteiger partial charge in [0, 0.05) is 6.54 Å². The fraction of sp³-hybridized carbons (Fsp3) is 0.333. The predicted molar refractivity (Wildman–Crippen MR) is 97.8 cm³/mol. The van der Waals surface area contributed by atoms with Gasteiger partial charge >= 0.3 is 5.97 Å². The highest BCUT2D eigenvalue weighted by Crippen LogP contribution is 2.34. The SMILES string of the molecule is O=C(O)C1CCC1C(=O)NCCc1ccc(OCc2ccccc2)cc1. The van der Waals surface area contributed by atoms with Crippen molar-refractivity contribution in [2.75, 3.05) is 6.54 Å². The Kier molecular flexibility index (Phi) is 5.89. The van der Waals surface area contributed by atoms with Crippen LogP contribution in [0.15, 0.2) is 54.6 Å². The molecular formula is C21H23NO4. The molecule has 26 heavy (non-hydrogen) atoms. The van der Waals surface area contributed by atoms with Crippen molar-refractivity contribution in [1.29, 1.82) is 0 Å². The Morgan fingerprint density at radius 2 is 1.65 bits per heavy atom. The molecule has 0 heterocycles. The molecule has 1 fully saturated rings. The molecule has 0 saturated heterocycles. The first-order valence-corrected chi connectivity index (χ1v) is 8.89. The number of carboxylic acids is 1. The van der Waals surface area contributed by atoms with Crippen molar-refractivity contribution in [2.24, 2.45) is 11.8 Å². The zero-order valence-corrected chi connectivity index (χ0v) is 14.6. The standard InChI is InChI=1S/C21H23NO4/c23-20(18-10-11-19(18)21(24)25)22-13-12-15-6-8-17(9-7-15)26-14-16-4-2-1-3-5-16/h1-9,18-19H,10-14H2,(H,22,23)(H,24,25). The van der Waals surface area contributed by atoms with Gasteiger partial charge in [-0.3, -0.25) is 9.59 Å². The molecule has 2 aromatic rings. The molecule has 5 nitrogen and oxygen atoms in total. The summed E-state index contributed by atoms with van der Waals surface area (Å²) in [6.45, 7) is 1.04. The Morgan fingerprint density at radius 1 is 0.962 bits per heavy atom. The van der Waals surface area contributed by atoms with Crippen LogP contribution in [0.1, 0.15) is 24.0 Å². The minimum absolute atomic E-state index is 0.147. The van der Waals surface area contributed by atoms with Crippen LogP contribution in [0.25, 0.3) is 0 Å². The molecular weight excluding hydrogens is 330 g/mol. The summed E-state index contributed by atoms with van der Waals surface area (Å²) in [5.41, 5.74) is 2.22. The number of benzene rings is 2. The van der Waals surface area contributed by atoms with E-state index in [1.165, 1.54) is 0 Å². The van der Waals surface area contributed by atoms with Crippen molar-refractivity contribution >= 4 is 11.9 Å². The van der Waals surface area contributed by atoms with E-state index in [2.05, 4.69) is 5.32 Å². The topological polar surface area (TPSA) is 75.6 Å². The zero-order chi connectivity index (χ0) is 18.4. The number of carbonyl (C=O) groups excluding carboxylic acids is 1. The Morgan fingerprint density at radius 3 is 2.27 bits per heavy atom. The number of hydrogen-bond donors (Lipinski definition) is 2. The predicted octanol–water partition coefficient (Wildman–Crippen LogP) is 3.04. The molecule has 1 amide bonds. The third kappa shape index (κ3) is 4.63. The molecule has 2 aromatic carbocycles. The molecule has 1 aliphatic rings. The van der Waals surface area contributed by atoms with E-state index in [0.717, 1.165) is 16.9 Å². The summed E-state index contributed by atoms with van der Waals surface area (Å²) in [6, 6.07) is 17.8. The molecule has 3 rings (SSSR count). The molecule has 5 heteroatoms. The zero-order valence-electron chi connectivity index (χ0n) is 14.6. The van der Waals surface area contributed by atoms with Crippen molar-refractivity contribution in [1.82, 2.24) is 5.32 Å². The van der Waals surface area contributed by atoms with Gasteiger partial charge in [-0.2, -0.15) is 0 Å². The van der Waals surface area contributed by atoms with Gasteiger partial charge in [0.05, 0.1) is 11.8 Å². The lowest BCUT2D eigenvalue weighted by molar-refractivity contribution is -0.152. The summed E-state index contributed by atoms with van der Waals surface area (Å²) in [5, 5.41) is 11.9. The number of aliphatic carboxylic acids is 1. The van der Waals surface area contributed by atoms with E-state index in [9.17, 15) is 9.59 Å². The average Bonchev–Trinajstić information content (AvgIpc) is 2.60. The van der Waals surface area contributed by atoms with E-state index in [-0.39, 0.29) is 11.8 Å².